The van der Waals surface area contributed by atoms with Crippen molar-refractivity contribution in [2.24, 2.45) is 0 Å². The van der Waals surface area contributed by atoms with Crippen LogP contribution in [-0.4, -0.2) is 89.2 Å². The first-order valence-electron chi connectivity index (χ1n) is 11.7. The number of nitrogens with one attached hydrogen (secondary N) is 2. The van der Waals surface area contributed by atoms with Crippen molar-refractivity contribution in [1.29, 1.82) is 0 Å². The predicted octanol–water partition coefficient (Wildman–Crippen LogP) is 0.958. The highest BCUT2D eigenvalue weighted by Crippen LogP contribution is 2.50. The number of phenols is 3. The second-order valence-corrected chi connectivity index (χ2v) is 11.4. The van der Waals surface area contributed by atoms with E-state index < -0.39 is 69.5 Å². The first kappa shape index (κ1) is 27.6. The van der Waals surface area contributed by atoms with Gasteiger partial charge in [0.2, 0.25) is 11.8 Å². The number of hydrogen-bond acceptors (Lipinski definition) is 9. The third-order valence-corrected chi connectivity index (χ3v) is 8.13. The van der Waals surface area contributed by atoms with Crippen molar-refractivity contribution >= 4 is 41.5 Å². The van der Waals surface area contributed by atoms with Gasteiger partial charge in [-0.2, -0.15) is 0 Å². The zero-order valence-corrected chi connectivity index (χ0v) is 21.8. The molecule has 0 spiro atoms. The zero-order valence-electron chi connectivity index (χ0n) is 21.0. The molecular formula is C25H26N4O9S. The lowest BCUT2D eigenvalue weighted by Gasteiger charge is -2.44. The van der Waals surface area contributed by atoms with Crippen LogP contribution in [0.15, 0.2) is 42.5 Å². The molecule has 6 N–H and O–H groups in total. The molecule has 0 aromatic heterocycles. The van der Waals surface area contributed by atoms with E-state index in [1.165, 1.54) is 47.0 Å². The fraction of sp³-hybridized carbons (Fsp3) is 0.320. The molecule has 2 aliphatic heterocycles. The second-order valence-electron chi connectivity index (χ2n) is 9.63. The number of carboxylic acid groups (broad SMARTS) is 1. The highest BCUT2D eigenvalue weighted by Gasteiger charge is 2.64. The molecule has 0 radical (unpaired) electrons. The van der Waals surface area contributed by atoms with Crippen LogP contribution in [0.25, 0.3) is 0 Å². The van der Waals surface area contributed by atoms with Gasteiger partial charge in [-0.1, -0.05) is 12.1 Å². The summed E-state index contributed by atoms with van der Waals surface area (Å²) in [5.74, 6) is -4.49. The highest BCUT2D eigenvalue weighted by molar-refractivity contribution is 8.01. The van der Waals surface area contributed by atoms with Crippen LogP contribution in [0.1, 0.15) is 35.8 Å². The predicted molar refractivity (Wildman–Crippen MR) is 137 cm³/mol. The average Bonchev–Trinajstić information content (AvgIpc) is 3.14. The number of carboxylic acids is 1. The molecule has 0 bridgehead atoms. The van der Waals surface area contributed by atoms with Crippen LogP contribution in [0.5, 0.6) is 17.2 Å². The normalized spacial score (nSPS) is 21.8. The monoisotopic (exact) mass is 558 g/mol. The van der Waals surface area contributed by atoms with E-state index in [4.69, 9.17) is 0 Å². The average molecular weight is 559 g/mol. The Bertz CT molecular complexity index is 1360. The van der Waals surface area contributed by atoms with E-state index in [9.17, 15) is 44.4 Å². The Morgan fingerprint density at radius 2 is 1.67 bits per heavy atom. The van der Waals surface area contributed by atoms with Gasteiger partial charge >= 0.3 is 12.0 Å². The molecule has 13 nitrogen and oxygen atoms in total. The van der Waals surface area contributed by atoms with Gasteiger partial charge in [0.05, 0.1) is 0 Å². The molecule has 39 heavy (non-hydrogen) atoms. The first-order chi connectivity index (χ1) is 18.2. The van der Waals surface area contributed by atoms with Gasteiger partial charge in [-0.25, -0.2) is 9.59 Å². The number of imide groups is 1. The maximum atomic E-state index is 13.4. The minimum absolute atomic E-state index is 0.0993. The van der Waals surface area contributed by atoms with Gasteiger partial charge in [0, 0.05) is 17.4 Å². The molecule has 2 aromatic carbocycles. The van der Waals surface area contributed by atoms with E-state index in [1.807, 2.05) is 0 Å². The number of thioether (sulfide) groups is 1. The number of β-lactam (4-membered cyclic amide) rings is 1. The number of amides is 5. The van der Waals surface area contributed by atoms with E-state index in [0.29, 0.717) is 4.90 Å². The molecule has 2 fully saturated rings. The van der Waals surface area contributed by atoms with Crippen LogP contribution < -0.4 is 10.6 Å². The van der Waals surface area contributed by atoms with Crippen molar-refractivity contribution in [2.75, 3.05) is 7.05 Å². The summed E-state index contributed by atoms with van der Waals surface area (Å²) in [6.45, 7) is 3.39. The van der Waals surface area contributed by atoms with Crippen molar-refractivity contribution in [2.45, 2.75) is 42.1 Å². The standard InChI is InChI=1S/C25H26N4O9S/c1-25(2)18(23(36)37)29-21(35)17(22(29)39-25)26-19(33)16(11-4-7-13(30)8-5-11)27-24(38)28(3)20(34)12-6-9-14(31)15(32)10-12/h4-10,16-18,22,30-32H,1-3H3,(H,26,33)(H,27,38)(H,36,37)/t16?,17-,18+,22-/m1/s1. The number of benzene rings is 2. The number of carbonyl (C=O) groups excluding carboxylic acids is 4. The van der Waals surface area contributed by atoms with Crippen LogP contribution >= 0.6 is 11.8 Å². The quantitative estimate of drug-likeness (QED) is 0.219. The summed E-state index contributed by atoms with van der Waals surface area (Å²) in [5.41, 5.74) is 0.121. The molecule has 0 aliphatic carbocycles. The number of nitrogens with zero attached hydrogens (tertiary/aromatic N) is 2. The SMILES string of the molecule is CN(C(=O)NC(C(=O)N[C@@H]1C(=O)N2[C@@H]1SC(C)(C)[C@@H]2C(=O)O)c1ccc(O)cc1)C(=O)c1ccc(O)c(O)c1. The molecule has 4 rings (SSSR count). The number of rotatable bonds is 6. The van der Waals surface area contributed by atoms with Crippen LogP contribution in [0.4, 0.5) is 4.79 Å². The van der Waals surface area contributed by atoms with E-state index in [1.54, 1.807) is 13.8 Å². The van der Waals surface area contributed by atoms with Gasteiger partial charge in [-0.3, -0.25) is 19.3 Å². The Hall–Kier alpha value is -4.46. The lowest BCUT2D eigenvalue weighted by Crippen LogP contribution is -2.71. The van der Waals surface area contributed by atoms with Crippen molar-refractivity contribution in [1.82, 2.24) is 20.4 Å². The minimum Gasteiger partial charge on any atom is -0.508 e. The second kappa shape index (κ2) is 10.0. The van der Waals surface area contributed by atoms with Gasteiger partial charge in [-0.05, 0) is 49.7 Å². The number of aliphatic carboxylic acids is 1. The van der Waals surface area contributed by atoms with Crippen LogP contribution in [0.2, 0.25) is 0 Å². The molecule has 2 aliphatic rings. The third-order valence-electron chi connectivity index (χ3n) is 6.56. The van der Waals surface area contributed by atoms with Gasteiger partial charge in [0.15, 0.2) is 11.5 Å². The molecule has 5 amide bonds. The van der Waals surface area contributed by atoms with E-state index >= 15 is 0 Å². The summed E-state index contributed by atoms with van der Waals surface area (Å²) < 4.78 is -0.804. The molecule has 1 unspecified atom stereocenters. The highest BCUT2D eigenvalue weighted by atomic mass is 32.2. The molecule has 4 atom stereocenters. The topological polar surface area (TPSA) is 197 Å². The smallest absolute Gasteiger partial charge is 0.327 e. The number of carbonyl (C=O) groups is 5. The summed E-state index contributed by atoms with van der Waals surface area (Å²) in [6, 6.07) is 4.08. The summed E-state index contributed by atoms with van der Waals surface area (Å²) >= 11 is 1.24. The zero-order chi connectivity index (χ0) is 28.8. The summed E-state index contributed by atoms with van der Waals surface area (Å²) in [5, 5.41) is 42.8. The summed E-state index contributed by atoms with van der Waals surface area (Å²) in [7, 11) is 1.14. The largest absolute Gasteiger partial charge is 0.508 e. The van der Waals surface area contributed by atoms with Crippen molar-refractivity contribution < 1.29 is 44.4 Å². The van der Waals surface area contributed by atoms with Crippen molar-refractivity contribution in [3.8, 4) is 17.2 Å². The lowest BCUT2D eigenvalue weighted by molar-refractivity contribution is -0.161. The maximum Gasteiger partial charge on any atom is 0.327 e. The summed E-state index contributed by atoms with van der Waals surface area (Å²) in [6.07, 6.45) is 0. The molecule has 206 valence electrons. The molecule has 2 saturated heterocycles. The number of hydrogen-bond donors (Lipinski definition) is 6. The third kappa shape index (κ3) is 5.02. The van der Waals surface area contributed by atoms with E-state index in [0.717, 1.165) is 19.2 Å². The number of phenolic OH excluding ortho intramolecular Hbond substituents is 3. The number of urea groups is 1. The fourth-order valence-corrected chi connectivity index (χ4v) is 6.14. The van der Waals surface area contributed by atoms with Crippen LogP contribution in [0, 0.1) is 0 Å². The lowest BCUT2D eigenvalue weighted by atomic mass is 9.95. The summed E-state index contributed by atoms with van der Waals surface area (Å²) in [4.78, 5) is 65.6. The van der Waals surface area contributed by atoms with E-state index in [2.05, 4.69) is 10.6 Å². The Morgan fingerprint density at radius 1 is 1.03 bits per heavy atom. The van der Waals surface area contributed by atoms with E-state index in [-0.39, 0.29) is 16.9 Å². The Morgan fingerprint density at radius 3 is 2.26 bits per heavy atom. The Kier molecular flexibility index (Phi) is 7.08. The first-order valence-corrected chi connectivity index (χ1v) is 12.5. The number of aromatic hydroxyl groups is 3. The number of fused-ring (bicyclic) bond motifs is 1. The molecule has 0 saturated carbocycles. The van der Waals surface area contributed by atoms with Crippen molar-refractivity contribution in [3.63, 3.8) is 0 Å². The van der Waals surface area contributed by atoms with Crippen molar-refractivity contribution in [3.05, 3.63) is 53.6 Å². The Labute approximate surface area is 226 Å². The Balaban J connectivity index is 1.53. The molecular weight excluding hydrogens is 532 g/mol. The van der Waals surface area contributed by atoms with Gasteiger partial charge in [0.25, 0.3) is 5.91 Å². The molecule has 2 heterocycles. The maximum absolute atomic E-state index is 13.4. The minimum atomic E-state index is -1.40. The molecule has 14 heteroatoms. The van der Waals surface area contributed by atoms with Crippen LogP contribution in [0.3, 0.4) is 0 Å². The van der Waals surface area contributed by atoms with Gasteiger partial charge in [0.1, 0.15) is 29.2 Å². The van der Waals surface area contributed by atoms with Gasteiger partial charge in [-0.15, -0.1) is 11.8 Å². The fourth-order valence-electron chi connectivity index (χ4n) is 4.51. The van der Waals surface area contributed by atoms with Gasteiger partial charge < -0.3 is 36.0 Å². The molecule has 2 aromatic rings. The van der Waals surface area contributed by atoms with Crippen LogP contribution in [-0.2, 0) is 14.4 Å².